The number of nitrogens with one attached hydrogen (secondary N) is 1. The van der Waals surface area contributed by atoms with Crippen LogP contribution in [0.15, 0.2) is 30.5 Å². The first-order chi connectivity index (χ1) is 12.1. The zero-order valence-corrected chi connectivity index (χ0v) is 14.8. The molecule has 0 unspecified atom stereocenters. The minimum absolute atomic E-state index is 0.0884. The molecule has 1 N–H and O–H groups in total. The zero-order chi connectivity index (χ0) is 19.2. The Labute approximate surface area is 148 Å². The van der Waals surface area contributed by atoms with Crippen molar-refractivity contribution in [2.45, 2.75) is 33.9 Å². The number of carbonyl (C=O) groups is 1. The molecule has 0 aliphatic heterocycles. The summed E-state index contributed by atoms with van der Waals surface area (Å²) in [6, 6.07) is 6.09. The molecule has 136 valence electrons. The van der Waals surface area contributed by atoms with E-state index in [1.165, 1.54) is 10.5 Å². The number of fused-ring (bicyclic) bond motifs is 1. The molecule has 0 aliphatic rings. The lowest BCUT2D eigenvalue weighted by Gasteiger charge is -2.13. The van der Waals surface area contributed by atoms with Crippen molar-refractivity contribution < 1.29 is 18.0 Å². The Hall–Kier alpha value is -2.83. The van der Waals surface area contributed by atoms with Gasteiger partial charge in [0.05, 0.1) is 11.3 Å². The number of anilines is 1. The summed E-state index contributed by atoms with van der Waals surface area (Å²) >= 11 is 0. The second-order valence-electron chi connectivity index (χ2n) is 6.42. The molecule has 0 bridgehead atoms. The molecule has 0 saturated carbocycles. The standard InChI is InChI=1S/C19H18F3N3O/c1-10-7-11(2)16(12(3)8-10)24-18(26)17-13(4)23-15-6-5-14(9-25(15)17)19(20,21)22/h5-9H,1-4H3,(H,24,26). The molecule has 0 fully saturated rings. The first-order valence-corrected chi connectivity index (χ1v) is 8.03. The third-order valence-corrected chi connectivity index (χ3v) is 4.25. The van der Waals surface area contributed by atoms with Gasteiger partial charge in [0, 0.05) is 11.9 Å². The van der Waals surface area contributed by atoms with Gasteiger partial charge in [-0.1, -0.05) is 17.7 Å². The van der Waals surface area contributed by atoms with Crippen molar-refractivity contribution in [3.8, 4) is 0 Å². The zero-order valence-electron chi connectivity index (χ0n) is 14.8. The van der Waals surface area contributed by atoms with Gasteiger partial charge in [-0.2, -0.15) is 13.2 Å². The molecule has 4 nitrogen and oxygen atoms in total. The second-order valence-corrected chi connectivity index (χ2v) is 6.42. The lowest BCUT2D eigenvalue weighted by molar-refractivity contribution is -0.137. The van der Waals surface area contributed by atoms with Gasteiger partial charge in [0.15, 0.2) is 0 Å². The molecule has 0 atom stereocenters. The second kappa shape index (κ2) is 6.16. The van der Waals surface area contributed by atoms with Crippen LogP contribution in [0.5, 0.6) is 0 Å². The van der Waals surface area contributed by atoms with Crippen molar-refractivity contribution in [3.05, 3.63) is 64.1 Å². The van der Waals surface area contributed by atoms with E-state index >= 15 is 0 Å². The molecule has 26 heavy (non-hydrogen) atoms. The predicted octanol–water partition coefficient (Wildman–Crippen LogP) is 4.84. The van der Waals surface area contributed by atoms with Crippen LogP contribution in [-0.4, -0.2) is 15.3 Å². The number of halogens is 3. The minimum atomic E-state index is -4.50. The number of rotatable bonds is 2. The fourth-order valence-corrected chi connectivity index (χ4v) is 3.15. The van der Waals surface area contributed by atoms with Gasteiger partial charge in [-0.25, -0.2) is 4.98 Å². The molecule has 1 amide bonds. The van der Waals surface area contributed by atoms with Gasteiger partial charge in [0.1, 0.15) is 11.3 Å². The molecule has 3 aromatic rings. The van der Waals surface area contributed by atoms with Crippen molar-refractivity contribution in [1.29, 1.82) is 0 Å². The maximum atomic E-state index is 13.0. The average Bonchev–Trinajstić information content (AvgIpc) is 2.84. The molecule has 2 aromatic heterocycles. The Kier molecular flexibility index (Phi) is 4.26. The van der Waals surface area contributed by atoms with Crippen molar-refractivity contribution in [2.24, 2.45) is 0 Å². The highest BCUT2D eigenvalue weighted by molar-refractivity contribution is 6.05. The number of carbonyl (C=O) groups excluding carboxylic acids is 1. The largest absolute Gasteiger partial charge is 0.417 e. The number of hydrogen-bond donors (Lipinski definition) is 1. The van der Waals surface area contributed by atoms with Crippen LogP contribution in [0.2, 0.25) is 0 Å². The monoisotopic (exact) mass is 361 g/mol. The third-order valence-electron chi connectivity index (χ3n) is 4.25. The maximum Gasteiger partial charge on any atom is 0.417 e. The Morgan fingerprint density at radius 2 is 1.69 bits per heavy atom. The number of nitrogens with zero attached hydrogens (tertiary/aromatic N) is 2. The van der Waals surface area contributed by atoms with Gasteiger partial charge >= 0.3 is 6.18 Å². The van der Waals surface area contributed by atoms with Crippen LogP contribution in [-0.2, 0) is 6.18 Å². The number of hydrogen-bond acceptors (Lipinski definition) is 2. The summed E-state index contributed by atoms with van der Waals surface area (Å²) in [5.41, 5.74) is 3.41. The highest BCUT2D eigenvalue weighted by Crippen LogP contribution is 2.30. The molecule has 2 heterocycles. The lowest BCUT2D eigenvalue weighted by atomic mass is 10.0. The summed E-state index contributed by atoms with van der Waals surface area (Å²) < 4.78 is 40.2. The summed E-state index contributed by atoms with van der Waals surface area (Å²) in [4.78, 5) is 17.0. The molecular weight excluding hydrogens is 343 g/mol. The minimum Gasteiger partial charge on any atom is -0.320 e. The number of pyridine rings is 1. The maximum absolute atomic E-state index is 13.0. The molecule has 0 saturated heterocycles. The number of alkyl halides is 3. The van der Waals surface area contributed by atoms with Crippen molar-refractivity contribution in [2.75, 3.05) is 5.32 Å². The van der Waals surface area contributed by atoms with E-state index < -0.39 is 17.6 Å². The fraction of sp³-hybridized carbons (Fsp3) is 0.263. The molecule has 0 spiro atoms. The molecule has 3 rings (SSSR count). The number of aryl methyl sites for hydroxylation is 4. The lowest BCUT2D eigenvalue weighted by Crippen LogP contribution is -2.18. The van der Waals surface area contributed by atoms with E-state index in [-0.39, 0.29) is 11.3 Å². The number of amides is 1. The first-order valence-electron chi connectivity index (χ1n) is 8.03. The van der Waals surface area contributed by atoms with Gasteiger partial charge in [-0.15, -0.1) is 0 Å². The summed E-state index contributed by atoms with van der Waals surface area (Å²) in [5.74, 6) is -0.496. The fourth-order valence-electron chi connectivity index (χ4n) is 3.15. The molecule has 0 aliphatic carbocycles. The van der Waals surface area contributed by atoms with Crippen LogP contribution < -0.4 is 5.32 Å². The number of benzene rings is 1. The van der Waals surface area contributed by atoms with Crippen LogP contribution in [0.25, 0.3) is 5.65 Å². The highest BCUT2D eigenvalue weighted by atomic mass is 19.4. The normalized spacial score (nSPS) is 11.8. The highest BCUT2D eigenvalue weighted by Gasteiger charge is 2.31. The van der Waals surface area contributed by atoms with E-state index in [1.807, 2.05) is 32.9 Å². The average molecular weight is 361 g/mol. The predicted molar refractivity (Wildman–Crippen MR) is 93.5 cm³/mol. The van der Waals surface area contributed by atoms with Gasteiger partial charge < -0.3 is 5.32 Å². The Morgan fingerprint density at radius 1 is 1.08 bits per heavy atom. The number of aromatic nitrogens is 2. The van der Waals surface area contributed by atoms with E-state index in [4.69, 9.17) is 0 Å². The summed E-state index contributed by atoms with van der Waals surface area (Å²) in [7, 11) is 0. The summed E-state index contributed by atoms with van der Waals surface area (Å²) in [6.07, 6.45) is -3.59. The summed E-state index contributed by atoms with van der Waals surface area (Å²) in [5, 5.41) is 2.82. The van der Waals surface area contributed by atoms with Gasteiger partial charge in [0.25, 0.3) is 5.91 Å². The van der Waals surface area contributed by atoms with Gasteiger partial charge in [-0.3, -0.25) is 9.20 Å². The Morgan fingerprint density at radius 3 is 2.27 bits per heavy atom. The van der Waals surface area contributed by atoms with Crippen LogP contribution in [0.1, 0.15) is 38.4 Å². The smallest absolute Gasteiger partial charge is 0.320 e. The van der Waals surface area contributed by atoms with Crippen molar-refractivity contribution in [1.82, 2.24) is 9.38 Å². The quantitative estimate of drug-likeness (QED) is 0.710. The first kappa shape index (κ1) is 18.0. The van der Waals surface area contributed by atoms with Crippen LogP contribution in [0.4, 0.5) is 18.9 Å². The SMILES string of the molecule is Cc1cc(C)c(NC(=O)c2c(C)nc3ccc(C(F)(F)F)cn23)c(C)c1. The van der Waals surface area contributed by atoms with E-state index in [0.717, 1.165) is 29.0 Å². The van der Waals surface area contributed by atoms with Crippen LogP contribution in [0, 0.1) is 27.7 Å². The van der Waals surface area contributed by atoms with Crippen molar-refractivity contribution in [3.63, 3.8) is 0 Å². The van der Waals surface area contributed by atoms with Gasteiger partial charge in [-0.05, 0) is 51.0 Å². The van der Waals surface area contributed by atoms with Gasteiger partial charge in [0.2, 0.25) is 0 Å². The van der Waals surface area contributed by atoms with E-state index in [2.05, 4.69) is 10.3 Å². The molecule has 0 radical (unpaired) electrons. The van der Waals surface area contributed by atoms with E-state index in [0.29, 0.717) is 11.4 Å². The van der Waals surface area contributed by atoms with E-state index in [1.54, 1.807) is 6.92 Å². The van der Waals surface area contributed by atoms with Crippen LogP contribution in [0.3, 0.4) is 0 Å². The number of imidazole rings is 1. The van der Waals surface area contributed by atoms with Crippen molar-refractivity contribution >= 4 is 17.2 Å². The topological polar surface area (TPSA) is 46.4 Å². The molecular formula is C19H18F3N3O. The summed E-state index contributed by atoms with van der Waals surface area (Å²) in [6.45, 7) is 7.31. The van der Waals surface area contributed by atoms with Crippen LogP contribution >= 0.6 is 0 Å². The Balaban J connectivity index is 2.07. The third kappa shape index (κ3) is 3.16. The Bertz CT molecular complexity index is 996. The molecule has 1 aromatic carbocycles. The van der Waals surface area contributed by atoms with E-state index in [9.17, 15) is 18.0 Å². The molecule has 7 heteroatoms.